The quantitative estimate of drug-likeness (QED) is 0.741. The van der Waals surface area contributed by atoms with Crippen LogP contribution in [-0.2, 0) is 0 Å². The second-order valence-corrected chi connectivity index (χ2v) is 4.87. The Morgan fingerprint density at radius 3 is 2.35 bits per heavy atom. The predicted octanol–water partition coefficient (Wildman–Crippen LogP) is 3.43. The lowest BCUT2D eigenvalue weighted by molar-refractivity contribution is 0.414. The zero-order chi connectivity index (χ0) is 16.2. The van der Waals surface area contributed by atoms with Crippen molar-refractivity contribution in [2.75, 3.05) is 14.2 Å². The molecule has 0 unspecified atom stereocenters. The third kappa shape index (κ3) is 2.87. The fourth-order valence-corrected chi connectivity index (χ4v) is 2.34. The first-order valence-corrected chi connectivity index (χ1v) is 7.04. The van der Waals surface area contributed by atoms with Gasteiger partial charge >= 0.3 is 0 Å². The Bertz CT molecular complexity index is 861. The summed E-state index contributed by atoms with van der Waals surface area (Å²) in [4.78, 5) is 0. The Hall–Kier alpha value is -3.26. The topological polar surface area (TPSA) is 60.1 Å². The van der Waals surface area contributed by atoms with E-state index in [9.17, 15) is 5.26 Å². The summed E-state index contributed by atoms with van der Waals surface area (Å²) in [7, 11) is 3.25. The van der Waals surface area contributed by atoms with Crippen LogP contribution >= 0.6 is 0 Å². The van der Waals surface area contributed by atoms with Crippen LogP contribution in [-0.4, -0.2) is 24.0 Å². The van der Waals surface area contributed by atoms with Crippen molar-refractivity contribution < 1.29 is 9.47 Å². The van der Waals surface area contributed by atoms with Crippen molar-refractivity contribution in [3.63, 3.8) is 0 Å². The van der Waals surface area contributed by atoms with Crippen molar-refractivity contribution in [1.82, 2.24) is 9.78 Å². The summed E-state index contributed by atoms with van der Waals surface area (Å²) in [6, 6.07) is 19.0. The number of nitrogens with zero attached hydrogens (tertiary/aromatic N) is 3. The molecule has 0 spiro atoms. The fraction of sp³-hybridized carbons (Fsp3) is 0.111. The van der Waals surface area contributed by atoms with Crippen LogP contribution in [0.1, 0.15) is 5.69 Å². The molecule has 0 amide bonds. The summed E-state index contributed by atoms with van der Waals surface area (Å²) >= 11 is 0. The second-order valence-electron chi connectivity index (χ2n) is 4.87. The molecule has 0 aliphatic heterocycles. The van der Waals surface area contributed by atoms with Gasteiger partial charge in [0.25, 0.3) is 0 Å². The zero-order valence-electron chi connectivity index (χ0n) is 12.9. The van der Waals surface area contributed by atoms with E-state index in [0.717, 1.165) is 28.4 Å². The molecular weight excluding hydrogens is 290 g/mol. The van der Waals surface area contributed by atoms with Gasteiger partial charge in [0.2, 0.25) is 0 Å². The molecule has 2 aromatic carbocycles. The molecule has 0 fully saturated rings. The Morgan fingerprint density at radius 1 is 0.957 bits per heavy atom. The molecule has 5 nitrogen and oxygen atoms in total. The minimum absolute atomic E-state index is 0.360. The average Bonchev–Trinajstić information content (AvgIpc) is 3.06. The fourth-order valence-electron chi connectivity index (χ4n) is 2.34. The van der Waals surface area contributed by atoms with E-state index in [2.05, 4.69) is 11.2 Å². The van der Waals surface area contributed by atoms with Crippen molar-refractivity contribution >= 4 is 0 Å². The molecule has 23 heavy (non-hydrogen) atoms. The number of benzene rings is 2. The van der Waals surface area contributed by atoms with E-state index in [1.807, 2.05) is 48.5 Å². The molecule has 5 heteroatoms. The van der Waals surface area contributed by atoms with E-state index in [4.69, 9.17) is 9.47 Å². The van der Waals surface area contributed by atoms with Crippen LogP contribution < -0.4 is 9.47 Å². The summed E-state index contributed by atoms with van der Waals surface area (Å²) < 4.78 is 12.2. The first kappa shape index (κ1) is 14.7. The predicted molar refractivity (Wildman–Crippen MR) is 86.8 cm³/mol. The maximum absolute atomic E-state index is 9.18. The van der Waals surface area contributed by atoms with Crippen LogP contribution in [0.3, 0.4) is 0 Å². The van der Waals surface area contributed by atoms with Crippen molar-refractivity contribution in [2.24, 2.45) is 0 Å². The molecule has 0 saturated heterocycles. The van der Waals surface area contributed by atoms with Gasteiger partial charge in [-0.15, -0.1) is 0 Å². The Morgan fingerprint density at radius 2 is 1.70 bits per heavy atom. The van der Waals surface area contributed by atoms with Crippen LogP contribution in [0, 0.1) is 11.3 Å². The third-order valence-corrected chi connectivity index (χ3v) is 3.51. The lowest BCUT2D eigenvalue weighted by Crippen LogP contribution is -2.00. The lowest BCUT2D eigenvalue weighted by Gasteiger charge is -2.09. The summed E-state index contributed by atoms with van der Waals surface area (Å²) in [5.41, 5.74) is 2.97. The first-order valence-electron chi connectivity index (χ1n) is 7.04. The van der Waals surface area contributed by atoms with Crippen LogP contribution in [0.2, 0.25) is 0 Å². The standard InChI is InChI=1S/C18H15N3O2/c1-22-16-8-6-13(7-9-16)18-10-14(12-19)20-21(18)15-4-3-5-17(11-15)23-2/h3-11H,1-2H3. The number of hydrogen-bond donors (Lipinski definition) is 0. The highest BCUT2D eigenvalue weighted by Crippen LogP contribution is 2.27. The van der Waals surface area contributed by atoms with Crippen LogP contribution in [0.15, 0.2) is 54.6 Å². The second kappa shape index (κ2) is 6.24. The van der Waals surface area contributed by atoms with Gasteiger partial charge in [-0.3, -0.25) is 0 Å². The molecule has 0 radical (unpaired) electrons. The maximum Gasteiger partial charge on any atom is 0.163 e. The van der Waals surface area contributed by atoms with E-state index >= 15 is 0 Å². The van der Waals surface area contributed by atoms with Gasteiger partial charge in [-0.1, -0.05) is 6.07 Å². The van der Waals surface area contributed by atoms with Gasteiger partial charge in [0.1, 0.15) is 17.6 Å². The maximum atomic E-state index is 9.18. The first-order chi connectivity index (χ1) is 11.2. The van der Waals surface area contributed by atoms with Gasteiger partial charge < -0.3 is 9.47 Å². The van der Waals surface area contributed by atoms with Crippen LogP contribution in [0.25, 0.3) is 16.9 Å². The molecule has 0 aliphatic carbocycles. The number of hydrogen-bond acceptors (Lipinski definition) is 4. The number of aromatic nitrogens is 2. The van der Waals surface area contributed by atoms with Crippen molar-refractivity contribution in [2.45, 2.75) is 0 Å². The lowest BCUT2D eigenvalue weighted by atomic mass is 10.1. The highest BCUT2D eigenvalue weighted by Gasteiger charge is 2.12. The minimum Gasteiger partial charge on any atom is -0.497 e. The number of nitriles is 1. The molecule has 1 aromatic heterocycles. The highest BCUT2D eigenvalue weighted by molar-refractivity contribution is 5.64. The SMILES string of the molecule is COc1ccc(-c2cc(C#N)nn2-c2cccc(OC)c2)cc1. The monoisotopic (exact) mass is 305 g/mol. The summed E-state index contributed by atoms with van der Waals surface area (Å²) in [6.45, 7) is 0. The molecule has 1 heterocycles. The van der Waals surface area contributed by atoms with Crippen molar-refractivity contribution in [3.05, 3.63) is 60.3 Å². The number of ether oxygens (including phenoxy) is 2. The molecule has 0 aliphatic rings. The normalized spacial score (nSPS) is 10.1. The van der Waals surface area contributed by atoms with E-state index < -0.39 is 0 Å². The Labute approximate surface area is 134 Å². The highest BCUT2D eigenvalue weighted by atomic mass is 16.5. The minimum atomic E-state index is 0.360. The van der Waals surface area contributed by atoms with Gasteiger partial charge in [0, 0.05) is 17.7 Å². The summed E-state index contributed by atoms with van der Waals surface area (Å²) in [5, 5.41) is 13.5. The zero-order valence-corrected chi connectivity index (χ0v) is 12.9. The third-order valence-electron chi connectivity index (χ3n) is 3.51. The van der Waals surface area contributed by atoms with Crippen molar-refractivity contribution in [1.29, 1.82) is 5.26 Å². The molecule has 0 saturated carbocycles. The van der Waals surface area contributed by atoms with E-state index in [-0.39, 0.29) is 0 Å². The molecule has 3 aromatic rings. The Kier molecular flexibility index (Phi) is 3.98. The molecule has 3 rings (SSSR count). The summed E-state index contributed by atoms with van der Waals surface area (Å²) in [6.07, 6.45) is 0. The van der Waals surface area contributed by atoms with E-state index in [0.29, 0.717) is 5.69 Å². The van der Waals surface area contributed by atoms with Crippen LogP contribution in [0.5, 0.6) is 11.5 Å². The number of methoxy groups -OCH3 is 2. The molecule has 114 valence electrons. The number of rotatable bonds is 4. The van der Waals surface area contributed by atoms with Crippen molar-refractivity contribution in [3.8, 4) is 34.5 Å². The average molecular weight is 305 g/mol. The van der Waals surface area contributed by atoms with Gasteiger partial charge in [0.15, 0.2) is 5.69 Å². The van der Waals surface area contributed by atoms with Gasteiger partial charge in [-0.2, -0.15) is 10.4 Å². The Balaban J connectivity index is 2.13. The van der Waals surface area contributed by atoms with E-state index in [1.54, 1.807) is 25.0 Å². The van der Waals surface area contributed by atoms with Gasteiger partial charge in [0.05, 0.1) is 25.6 Å². The summed E-state index contributed by atoms with van der Waals surface area (Å²) in [5.74, 6) is 1.51. The molecule has 0 N–H and O–H groups in total. The van der Waals surface area contributed by atoms with Crippen LogP contribution in [0.4, 0.5) is 0 Å². The largest absolute Gasteiger partial charge is 0.497 e. The molecule has 0 atom stereocenters. The van der Waals surface area contributed by atoms with E-state index in [1.165, 1.54) is 0 Å². The van der Waals surface area contributed by atoms with Gasteiger partial charge in [-0.25, -0.2) is 4.68 Å². The molecule has 0 bridgehead atoms. The molecular formula is C18H15N3O2. The smallest absolute Gasteiger partial charge is 0.163 e. The van der Waals surface area contributed by atoms with Gasteiger partial charge in [-0.05, 0) is 36.4 Å².